The highest BCUT2D eigenvalue weighted by atomic mass is 35.5. The van der Waals surface area contributed by atoms with E-state index < -0.39 is 23.4 Å². The second-order valence-corrected chi connectivity index (χ2v) is 7.19. The predicted octanol–water partition coefficient (Wildman–Crippen LogP) is 4.33. The Balaban J connectivity index is 0.000000151. The van der Waals surface area contributed by atoms with Gasteiger partial charge in [-0.15, -0.1) is 0 Å². The monoisotopic (exact) mass is 418 g/mol. The number of ketones is 2. The number of aryl methyl sites for hydroxylation is 1. The smallest absolute Gasteiger partial charge is 0.304 e. The molecule has 7 heteroatoms. The lowest BCUT2D eigenvalue weighted by Crippen LogP contribution is -2.24. The zero-order valence-electron chi connectivity index (χ0n) is 15.8. The first-order chi connectivity index (χ1) is 14.4. The Morgan fingerprint density at radius 2 is 1.47 bits per heavy atom. The number of halogens is 1. The summed E-state index contributed by atoms with van der Waals surface area (Å²) in [4.78, 5) is 47.4. The van der Waals surface area contributed by atoms with E-state index in [1.54, 1.807) is 31.2 Å². The number of benzene rings is 3. The Bertz CT molecular complexity index is 1220. The van der Waals surface area contributed by atoms with E-state index in [4.69, 9.17) is 11.6 Å². The molecule has 30 heavy (non-hydrogen) atoms. The third-order valence-corrected chi connectivity index (χ3v) is 5.01. The Labute approximate surface area is 177 Å². The molecule has 0 fully saturated rings. The second kappa shape index (κ2) is 7.57. The van der Waals surface area contributed by atoms with Crippen LogP contribution in [-0.2, 0) is 9.59 Å². The number of amides is 2. The lowest BCUT2D eigenvalue weighted by Gasteiger charge is -2.15. The topological polar surface area (TPSA) is 83.5 Å². The van der Waals surface area contributed by atoms with Gasteiger partial charge in [0.1, 0.15) is 0 Å². The Morgan fingerprint density at radius 1 is 0.800 bits per heavy atom. The zero-order valence-corrected chi connectivity index (χ0v) is 16.6. The van der Waals surface area contributed by atoms with Crippen molar-refractivity contribution in [3.05, 3.63) is 88.4 Å². The van der Waals surface area contributed by atoms with Crippen LogP contribution in [0.3, 0.4) is 0 Å². The molecule has 0 radical (unpaired) electrons. The molecule has 3 aromatic carbocycles. The first-order valence-corrected chi connectivity index (χ1v) is 9.45. The quantitative estimate of drug-likeness (QED) is 0.596. The zero-order chi connectivity index (χ0) is 21.4. The number of fused-ring (bicyclic) bond motifs is 2. The Kier molecular flexibility index (Phi) is 4.93. The maximum absolute atomic E-state index is 11.9. The number of carbonyl (C=O) groups excluding carboxylic acids is 4. The van der Waals surface area contributed by atoms with Gasteiger partial charge in [-0.1, -0.05) is 41.9 Å². The summed E-state index contributed by atoms with van der Waals surface area (Å²) in [5, 5.41) is 2.97. The van der Waals surface area contributed by atoms with Crippen LogP contribution in [0.4, 0.5) is 17.1 Å². The first-order valence-electron chi connectivity index (χ1n) is 9.07. The summed E-state index contributed by atoms with van der Waals surface area (Å²) < 4.78 is 0. The molecule has 0 aliphatic carbocycles. The third kappa shape index (κ3) is 3.27. The van der Waals surface area contributed by atoms with E-state index in [1.807, 2.05) is 36.4 Å². The molecule has 2 aliphatic heterocycles. The maximum atomic E-state index is 11.9. The van der Waals surface area contributed by atoms with Crippen molar-refractivity contribution in [3.63, 3.8) is 0 Å². The molecule has 0 atom stereocenters. The summed E-state index contributed by atoms with van der Waals surface area (Å²) in [7, 11) is 0. The van der Waals surface area contributed by atoms with Crippen molar-refractivity contribution >= 4 is 52.0 Å². The largest absolute Gasteiger partial charge is 0.318 e. The molecule has 0 aromatic heterocycles. The van der Waals surface area contributed by atoms with Gasteiger partial charge in [-0.25, -0.2) is 0 Å². The fraction of sp³-hybridized carbons (Fsp3) is 0.0435. The average Bonchev–Trinajstić information content (AvgIpc) is 3.17. The minimum absolute atomic E-state index is 0.370. The van der Waals surface area contributed by atoms with Crippen molar-refractivity contribution < 1.29 is 19.2 Å². The highest BCUT2D eigenvalue weighted by Gasteiger charge is 2.36. The first kappa shape index (κ1) is 19.5. The average molecular weight is 419 g/mol. The molecule has 3 aromatic rings. The maximum Gasteiger partial charge on any atom is 0.304 e. The van der Waals surface area contributed by atoms with Gasteiger partial charge in [-0.2, -0.15) is 0 Å². The summed E-state index contributed by atoms with van der Waals surface area (Å²) in [6, 6.07) is 19.4. The third-order valence-electron chi connectivity index (χ3n) is 4.79. The van der Waals surface area contributed by atoms with Gasteiger partial charge in [-0.3, -0.25) is 24.1 Å². The Morgan fingerprint density at radius 3 is 2.20 bits per heavy atom. The fourth-order valence-corrected chi connectivity index (χ4v) is 3.67. The molecule has 0 saturated carbocycles. The summed E-state index contributed by atoms with van der Waals surface area (Å²) in [5.41, 5.74) is 3.61. The van der Waals surface area contributed by atoms with Crippen LogP contribution in [0, 0.1) is 6.92 Å². The van der Waals surface area contributed by atoms with Crippen LogP contribution in [0.2, 0.25) is 5.02 Å². The number of anilines is 3. The minimum atomic E-state index is -0.583. The van der Waals surface area contributed by atoms with Crippen LogP contribution in [0.1, 0.15) is 26.3 Å². The van der Waals surface area contributed by atoms with Gasteiger partial charge >= 0.3 is 5.91 Å². The van der Waals surface area contributed by atoms with Crippen LogP contribution >= 0.6 is 11.6 Å². The molecule has 2 amide bonds. The predicted molar refractivity (Wildman–Crippen MR) is 114 cm³/mol. The van der Waals surface area contributed by atoms with E-state index in [2.05, 4.69) is 5.32 Å². The molecule has 0 saturated heterocycles. The molecule has 6 nitrogen and oxygen atoms in total. The van der Waals surface area contributed by atoms with Crippen molar-refractivity contribution in [2.45, 2.75) is 6.92 Å². The van der Waals surface area contributed by atoms with Crippen molar-refractivity contribution in [2.24, 2.45) is 0 Å². The van der Waals surface area contributed by atoms with E-state index in [-0.39, 0.29) is 0 Å². The molecule has 2 heterocycles. The fourth-order valence-electron chi connectivity index (χ4n) is 3.40. The van der Waals surface area contributed by atoms with E-state index in [1.165, 1.54) is 11.0 Å². The van der Waals surface area contributed by atoms with E-state index in [0.717, 1.165) is 11.3 Å². The molecule has 148 valence electrons. The number of para-hydroxylation sites is 2. The van der Waals surface area contributed by atoms with Gasteiger partial charge in [0.2, 0.25) is 0 Å². The van der Waals surface area contributed by atoms with Gasteiger partial charge in [0.05, 0.1) is 22.5 Å². The molecular formula is C23H15ClN2O4. The van der Waals surface area contributed by atoms with Gasteiger partial charge in [0.15, 0.2) is 0 Å². The van der Waals surface area contributed by atoms with Crippen molar-refractivity contribution in [2.75, 3.05) is 10.2 Å². The SMILES string of the molecule is Cc1cc(Cl)cc2c1NC(=O)C2=O.O=C1C(=O)N(c2ccccc2)c2ccccc21. The van der Waals surface area contributed by atoms with Gasteiger partial charge in [0, 0.05) is 10.7 Å². The van der Waals surface area contributed by atoms with Crippen molar-refractivity contribution in [3.8, 4) is 0 Å². The van der Waals surface area contributed by atoms with Gasteiger partial charge < -0.3 is 5.32 Å². The highest BCUT2D eigenvalue weighted by molar-refractivity contribution is 6.53. The van der Waals surface area contributed by atoms with E-state index in [9.17, 15) is 19.2 Å². The number of carbonyl (C=O) groups is 4. The molecule has 2 aliphatic rings. The number of hydrogen-bond acceptors (Lipinski definition) is 4. The molecular weight excluding hydrogens is 404 g/mol. The number of nitrogens with zero attached hydrogens (tertiary/aromatic N) is 1. The summed E-state index contributed by atoms with van der Waals surface area (Å²) in [5.74, 6) is -2.03. The number of Topliss-reactive ketones (excluding diaryl/α,β-unsaturated/α-hetero) is 2. The molecule has 5 rings (SSSR count). The number of hydrogen-bond donors (Lipinski definition) is 1. The second-order valence-electron chi connectivity index (χ2n) is 6.75. The summed E-state index contributed by atoms with van der Waals surface area (Å²) in [6.45, 7) is 1.80. The normalized spacial score (nSPS) is 14.1. The van der Waals surface area contributed by atoms with Gasteiger partial charge in [0.25, 0.3) is 17.5 Å². The minimum Gasteiger partial charge on any atom is -0.318 e. The van der Waals surface area contributed by atoms with Crippen molar-refractivity contribution in [1.29, 1.82) is 0 Å². The molecule has 1 N–H and O–H groups in total. The lowest BCUT2D eigenvalue weighted by atomic mass is 10.1. The van der Waals surface area contributed by atoms with Crippen LogP contribution < -0.4 is 10.2 Å². The highest BCUT2D eigenvalue weighted by Crippen LogP contribution is 2.34. The van der Waals surface area contributed by atoms with Crippen LogP contribution in [0.5, 0.6) is 0 Å². The number of nitrogens with one attached hydrogen (secondary N) is 1. The van der Waals surface area contributed by atoms with Crippen molar-refractivity contribution in [1.82, 2.24) is 0 Å². The van der Waals surface area contributed by atoms with Crippen LogP contribution in [0.15, 0.2) is 66.7 Å². The molecule has 0 unspecified atom stereocenters. The van der Waals surface area contributed by atoms with Crippen LogP contribution in [0.25, 0.3) is 0 Å². The standard InChI is InChI=1S/C14H9NO2.C9H6ClNO2/c16-13-11-8-4-5-9-12(11)15(14(13)17)10-6-2-1-3-7-10;1-4-2-5(10)3-6-7(4)11-9(13)8(6)12/h1-9H;2-3H,1H3,(H,11,12,13). The molecule has 0 spiro atoms. The van der Waals surface area contributed by atoms with E-state index >= 15 is 0 Å². The molecule has 0 bridgehead atoms. The lowest BCUT2D eigenvalue weighted by molar-refractivity contribution is -0.113. The van der Waals surface area contributed by atoms with E-state index in [0.29, 0.717) is 27.5 Å². The Hall–Kier alpha value is -3.77. The summed E-state index contributed by atoms with van der Waals surface area (Å²) >= 11 is 5.75. The van der Waals surface area contributed by atoms with Gasteiger partial charge in [-0.05, 0) is 48.9 Å². The summed E-state index contributed by atoms with van der Waals surface area (Å²) in [6.07, 6.45) is 0. The van der Waals surface area contributed by atoms with Crippen LogP contribution in [-0.4, -0.2) is 23.4 Å². The number of rotatable bonds is 1.